The fourth-order valence-electron chi connectivity index (χ4n) is 1.75. The first kappa shape index (κ1) is 12.9. The smallest absolute Gasteiger partial charge is 0.336 e. The summed E-state index contributed by atoms with van der Waals surface area (Å²) in [5, 5.41) is 11.9. The monoisotopic (exact) mass is 258 g/mol. The minimum absolute atomic E-state index is 0.0223. The first-order valence-corrected chi connectivity index (χ1v) is 5.90. The van der Waals surface area contributed by atoms with E-state index in [9.17, 15) is 9.59 Å². The maximum absolute atomic E-state index is 11.3. The number of carboxylic acids is 1. The first-order valence-electron chi connectivity index (χ1n) is 5.90. The zero-order chi connectivity index (χ0) is 13.7. The Bertz CT molecular complexity index is 620. The van der Waals surface area contributed by atoms with Crippen LogP contribution in [0.4, 0.5) is 5.82 Å². The van der Waals surface area contributed by atoms with Crippen molar-refractivity contribution in [2.45, 2.75) is 6.42 Å². The lowest BCUT2D eigenvalue weighted by molar-refractivity contribution is 0.0696. The van der Waals surface area contributed by atoms with Crippen LogP contribution in [0.3, 0.4) is 0 Å². The van der Waals surface area contributed by atoms with E-state index in [1.54, 1.807) is 0 Å². The van der Waals surface area contributed by atoms with Gasteiger partial charge in [-0.3, -0.25) is 4.79 Å². The molecule has 0 bridgehead atoms. The van der Waals surface area contributed by atoms with E-state index < -0.39 is 11.5 Å². The highest BCUT2D eigenvalue weighted by atomic mass is 16.4. The van der Waals surface area contributed by atoms with Crippen LogP contribution in [0.1, 0.15) is 15.9 Å². The van der Waals surface area contributed by atoms with Crippen molar-refractivity contribution in [3.63, 3.8) is 0 Å². The highest BCUT2D eigenvalue weighted by molar-refractivity contribution is 5.88. The molecule has 0 amide bonds. The van der Waals surface area contributed by atoms with Gasteiger partial charge >= 0.3 is 5.97 Å². The van der Waals surface area contributed by atoms with Gasteiger partial charge in [-0.2, -0.15) is 0 Å². The summed E-state index contributed by atoms with van der Waals surface area (Å²) >= 11 is 0. The molecule has 0 radical (unpaired) electrons. The van der Waals surface area contributed by atoms with Gasteiger partial charge in [0.1, 0.15) is 5.82 Å². The molecule has 0 unspecified atom stereocenters. The largest absolute Gasteiger partial charge is 0.478 e. The molecule has 0 saturated heterocycles. The number of pyridine rings is 1. The molecule has 1 heterocycles. The van der Waals surface area contributed by atoms with Crippen molar-refractivity contribution in [1.82, 2.24) is 4.98 Å². The second kappa shape index (κ2) is 5.86. The van der Waals surface area contributed by atoms with Crippen molar-refractivity contribution in [2.75, 3.05) is 11.9 Å². The van der Waals surface area contributed by atoms with E-state index in [2.05, 4.69) is 10.3 Å². The average Bonchev–Trinajstić information content (AvgIpc) is 2.39. The molecule has 2 aromatic rings. The molecule has 3 N–H and O–H groups in total. The SMILES string of the molecule is O=C(O)c1cc(NCCc2ccccc2)[nH]c(=O)c1. The Balaban J connectivity index is 2.00. The third-order valence-corrected chi connectivity index (χ3v) is 2.66. The second-order valence-corrected chi connectivity index (χ2v) is 4.11. The van der Waals surface area contributed by atoms with Crippen LogP contribution in [0.5, 0.6) is 0 Å². The minimum Gasteiger partial charge on any atom is -0.478 e. The zero-order valence-corrected chi connectivity index (χ0v) is 10.2. The van der Waals surface area contributed by atoms with Crippen LogP contribution in [-0.4, -0.2) is 22.6 Å². The Morgan fingerprint density at radius 3 is 2.63 bits per heavy atom. The second-order valence-electron chi connectivity index (χ2n) is 4.11. The number of nitrogens with one attached hydrogen (secondary N) is 2. The highest BCUT2D eigenvalue weighted by Crippen LogP contribution is 2.05. The Kier molecular flexibility index (Phi) is 3.97. The minimum atomic E-state index is -1.11. The van der Waals surface area contributed by atoms with Crippen molar-refractivity contribution in [3.05, 3.63) is 63.9 Å². The number of benzene rings is 1. The third-order valence-electron chi connectivity index (χ3n) is 2.66. The molecule has 5 heteroatoms. The number of carboxylic acid groups (broad SMARTS) is 1. The third kappa shape index (κ3) is 3.70. The molecule has 19 heavy (non-hydrogen) atoms. The summed E-state index contributed by atoms with van der Waals surface area (Å²) in [5.74, 6) is -0.696. The number of aromatic amines is 1. The molecule has 1 aromatic carbocycles. The average molecular weight is 258 g/mol. The summed E-state index contributed by atoms with van der Waals surface area (Å²) < 4.78 is 0. The van der Waals surface area contributed by atoms with Crippen LogP contribution in [0.25, 0.3) is 0 Å². The molecule has 0 saturated carbocycles. The summed E-state index contributed by atoms with van der Waals surface area (Å²) in [5.41, 5.74) is 0.722. The standard InChI is InChI=1S/C14H14N2O3/c17-13-9-11(14(18)19)8-12(16-13)15-7-6-10-4-2-1-3-5-10/h1-5,8-9H,6-7H2,(H,18,19)(H2,15,16,17). The van der Waals surface area contributed by atoms with Crippen LogP contribution >= 0.6 is 0 Å². The van der Waals surface area contributed by atoms with Gasteiger partial charge in [-0.15, -0.1) is 0 Å². The molecular formula is C14H14N2O3. The van der Waals surface area contributed by atoms with Crippen molar-refractivity contribution in [1.29, 1.82) is 0 Å². The lowest BCUT2D eigenvalue weighted by Gasteiger charge is -2.06. The Morgan fingerprint density at radius 2 is 1.95 bits per heavy atom. The number of hydrogen-bond acceptors (Lipinski definition) is 3. The van der Waals surface area contributed by atoms with Crippen LogP contribution < -0.4 is 10.9 Å². The fraction of sp³-hybridized carbons (Fsp3) is 0.143. The van der Waals surface area contributed by atoms with Crippen molar-refractivity contribution < 1.29 is 9.90 Å². The summed E-state index contributed by atoms with van der Waals surface area (Å²) in [4.78, 5) is 24.7. The number of aromatic carboxylic acids is 1. The van der Waals surface area contributed by atoms with E-state index in [0.29, 0.717) is 12.4 Å². The lowest BCUT2D eigenvalue weighted by Crippen LogP contribution is -2.14. The van der Waals surface area contributed by atoms with Crippen LogP contribution in [-0.2, 0) is 6.42 Å². The van der Waals surface area contributed by atoms with Gasteiger partial charge in [-0.25, -0.2) is 4.79 Å². The Morgan fingerprint density at radius 1 is 1.21 bits per heavy atom. The molecule has 0 aliphatic heterocycles. The number of carbonyl (C=O) groups is 1. The quantitative estimate of drug-likeness (QED) is 0.762. The Hall–Kier alpha value is -2.56. The van der Waals surface area contributed by atoms with E-state index in [-0.39, 0.29) is 5.56 Å². The molecule has 2 rings (SSSR count). The topological polar surface area (TPSA) is 82.2 Å². The number of aromatic nitrogens is 1. The van der Waals surface area contributed by atoms with Gasteiger partial charge in [0, 0.05) is 12.6 Å². The normalized spacial score (nSPS) is 10.1. The van der Waals surface area contributed by atoms with Crippen LogP contribution in [0.2, 0.25) is 0 Å². The van der Waals surface area contributed by atoms with E-state index in [0.717, 1.165) is 12.5 Å². The number of anilines is 1. The predicted octanol–water partition coefficient (Wildman–Crippen LogP) is 1.73. The van der Waals surface area contributed by atoms with Gasteiger partial charge in [0.05, 0.1) is 5.56 Å². The summed E-state index contributed by atoms with van der Waals surface area (Å²) in [6.07, 6.45) is 0.792. The summed E-state index contributed by atoms with van der Waals surface area (Å²) in [6, 6.07) is 12.4. The Labute approximate surface area is 109 Å². The first-order chi connectivity index (χ1) is 9.15. The van der Waals surface area contributed by atoms with E-state index in [1.807, 2.05) is 30.3 Å². The van der Waals surface area contributed by atoms with Gasteiger partial charge in [0.25, 0.3) is 0 Å². The molecule has 0 fully saturated rings. The summed E-state index contributed by atoms with van der Waals surface area (Å²) in [6.45, 7) is 0.614. The number of H-pyrrole nitrogens is 1. The molecular weight excluding hydrogens is 244 g/mol. The van der Waals surface area contributed by atoms with E-state index in [1.165, 1.54) is 11.6 Å². The molecule has 0 atom stereocenters. The van der Waals surface area contributed by atoms with E-state index >= 15 is 0 Å². The predicted molar refractivity (Wildman–Crippen MR) is 72.7 cm³/mol. The molecule has 1 aromatic heterocycles. The molecule has 98 valence electrons. The number of hydrogen-bond donors (Lipinski definition) is 3. The van der Waals surface area contributed by atoms with Gasteiger partial charge in [-0.1, -0.05) is 30.3 Å². The van der Waals surface area contributed by atoms with Crippen molar-refractivity contribution in [3.8, 4) is 0 Å². The molecule has 5 nitrogen and oxygen atoms in total. The van der Waals surface area contributed by atoms with Gasteiger partial charge in [0.15, 0.2) is 0 Å². The fourth-order valence-corrected chi connectivity index (χ4v) is 1.75. The van der Waals surface area contributed by atoms with Gasteiger partial charge in [0.2, 0.25) is 5.56 Å². The zero-order valence-electron chi connectivity index (χ0n) is 10.2. The van der Waals surface area contributed by atoms with Crippen molar-refractivity contribution >= 4 is 11.8 Å². The maximum Gasteiger partial charge on any atom is 0.336 e. The van der Waals surface area contributed by atoms with E-state index in [4.69, 9.17) is 5.11 Å². The van der Waals surface area contributed by atoms with Crippen LogP contribution in [0.15, 0.2) is 47.3 Å². The molecule has 0 aliphatic rings. The molecule has 0 spiro atoms. The van der Waals surface area contributed by atoms with Gasteiger partial charge < -0.3 is 15.4 Å². The summed E-state index contributed by atoms with van der Waals surface area (Å²) in [7, 11) is 0. The lowest BCUT2D eigenvalue weighted by atomic mass is 10.1. The van der Waals surface area contributed by atoms with Crippen molar-refractivity contribution in [2.24, 2.45) is 0 Å². The number of rotatable bonds is 5. The highest BCUT2D eigenvalue weighted by Gasteiger charge is 2.05. The van der Waals surface area contributed by atoms with Crippen LogP contribution in [0, 0.1) is 0 Å². The van der Waals surface area contributed by atoms with Gasteiger partial charge in [-0.05, 0) is 18.1 Å². The maximum atomic E-state index is 11.3. The molecule has 0 aliphatic carbocycles.